The molecule has 0 unspecified atom stereocenters. The summed E-state index contributed by atoms with van der Waals surface area (Å²) in [6, 6.07) is 7.18. The van der Waals surface area contributed by atoms with Crippen LogP contribution in [0, 0.1) is 11.8 Å². The summed E-state index contributed by atoms with van der Waals surface area (Å²) in [5, 5.41) is 0.675. The molecule has 0 N–H and O–H groups in total. The van der Waals surface area contributed by atoms with Crippen molar-refractivity contribution in [1.29, 1.82) is 0 Å². The molecule has 1 aromatic rings. The van der Waals surface area contributed by atoms with Gasteiger partial charge >= 0.3 is 5.97 Å². The molecule has 0 fully saturated rings. The summed E-state index contributed by atoms with van der Waals surface area (Å²) in [7, 11) is 0. The first-order valence-corrected chi connectivity index (χ1v) is 5.58. The van der Waals surface area contributed by atoms with Crippen molar-refractivity contribution in [1.82, 2.24) is 0 Å². The number of hydrogen-bond donors (Lipinski definition) is 0. The van der Waals surface area contributed by atoms with Crippen molar-refractivity contribution in [2.45, 2.75) is 6.92 Å². The topological polar surface area (TPSA) is 35.5 Å². The van der Waals surface area contributed by atoms with Crippen LogP contribution >= 0.6 is 11.6 Å². The average Bonchev–Trinajstić information content (AvgIpc) is 2.31. The molecular weight excluding hydrogens is 240 g/mol. The van der Waals surface area contributed by atoms with Crippen LogP contribution in [0.25, 0.3) is 0 Å². The molecule has 17 heavy (non-hydrogen) atoms. The Balaban J connectivity index is 2.27. The van der Waals surface area contributed by atoms with Crippen molar-refractivity contribution in [3.05, 3.63) is 34.9 Å². The molecule has 3 nitrogen and oxygen atoms in total. The monoisotopic (exact) mass is 252 g/mol. The number of benzene rings is 1. The van der Waals surface area contributed by atoms with Gasteiger partial charge in [-0.25, -0.2) is 4.79 Å². The Kier molecular flexibility index (Phi) is 6.16. The van der Waals surface area contributed by atoms with E-state index in [-0.39, 0.29) is 19.2 Å². The van der Waals surface area contributed by atoms with Gasteiger partial charge in [0.25, 0.3) is 0 Å². The first-order valence-electron chi connectivity index (χ1n) is 5.20. The van der Waals surface area contributed by atoms with Gasteiger partial charge in [0.1, 0.15) is 13.2 Å². The number of ether oxygens (including phenoxy) is 2. The summed E-state index contributed by atoms with van der Waals surface area (Å²) < 4.78 is 9.71. The molecule has 0 aliphatic heterocycles. The van der Waals surface area contributed by atoms with Crippen molar-refractivity contribution in [3.63, 3.8) is 0 Å². The molecule has 1 rings (SSSR count). The maximum atomic E-state index is 10.9. The average molecular weight is 253 g/mol. The predicted octanol–water partition coefficient (Wildman–Crippen LogP) is 2.27. The Morgan fingerprint density at radius 1 is 1.35 bits per heavy atom. The predicted molar refractivity (Wildman–Crippen MR) is 65.8 cm³/mol. The zero-order chi connectivity index (χ0) is 12.5. The summed E-state index contributed by atoms with van der Waals surface area (Å²) in [6.45, 7) is 2.24. The highest BCUT2D eigenvalue weighted by atomic mass is 35.5. The van der Waals surface area contributed by atoms with E-state index in [9.17, 15) is 4.79 Å². The van der Waals surface area contributed by atoms with Crippen molar-refractivity contribution in [3.8, 4) is 11.8 Å². The molecule has 0 amide bonds. The number of carbonyl (C=O) groups excluding carboxylic acids is 1. The van der Waals surface area contributed by atoms with E-state index in [1.54, 1.807) is 19.1 Å². The summed E-state index contributed by atoms with van der Waals surface area (Å²) in [4.78, 5) is 10.9. The standard InChI is InChI=1S/C13H13ClO3/c1-2-17-13(15)10-16-9-3-4-11-5-7-12(14)8-6-11/h5-8H,2,9-10H2,1H3. The molecule has 0 aromatic heterocycles. The molecule has 0 saturated heterocycles. The van der Waals surface area contributed by atoms with Crippen LogP contribution in [-0.2, 0) is 14.3 Å². The number of hydrogen-bond acceptors (Lipinski definition) is 3. The third-order valence-electron chi connectivity index (χ3n) is 1.78. The zero-order valence-corrected chi connectivity index (χ0v) is 10.3. The fourth-order valence-electron chi connectivity index (χ4n) is 1.06. The lowest BCUT2D eigenvalue weighted by Crippen LogP contribution is -2.12. The Morgan fingerprint density at radius 2 is 2.06 bits per heavy atom. The van der Waals surface area contributed by atoms with E-state index in [2.05, 4.69) is 11.8 Å². The van der Waals surface area contributed by atoms with Crippen LogP contribution in [0.2, 0.25) is 5.02 Å². The van der Waals surface area contributed by atoms with Crippen LogP contribution in [0.3, 0.4) is 0 Å². The lowest BCUT2D eigenvalue weighted by atomic mass is 10.2. The summed E-state index contributed by atoms with van der Waals surface area (Å²) in [5.41, 5.74) is 0.856. The second-order valence-electron chi connectivity index (χ2n) is 3.11. The van der Waals surface area contributed by atoms with Gasteiger partial charge in [-0.1, -0.05) is 23.4 Å². The Hall–Kier alpha value is -1.50. The van der Waals surface area contributed by atoms with E-state index in [1.165, 1.54) is 0 Å². The second kappa shape index (κ2) is 7.72. The van der Waals surface area contributed by atoms with Gasteiger partial charge in [0, 0.05) is 10.6 Å². The van der Waals surface area contributed by atoms with Crippen LogP contribution < -0.4 is 0 Å². The molecule has 0 aliphatic rings. The SMILES string of the molecule is CCOC(=O)COCC#Cc1ccc(Cl)cc1. The molecule has 90 valence electrons. The third-order valence-corrected chi connectivity index (χ3v) is 2.03. The molecule has 0 radical (unpaired) electrons. The van der Waals surface area contributed by atoms with Crippen molar-refractivity contribution < 1.29 is 14.3 Å². The van der Waals surface area contributed by atoms with Crippen molar-refractivity contribution in [2.75, 3.05) is 19.8 Å². The highest BCUT2D eigenvalue weighted by molar-refractivity contribution is 6.30. The Labute approximate surface area is 106 Å². The largest absolute Gasteiger partial charge is 0.464 e. The van der Waals surface area contributed by atoms with Crippen molar-refractivity contribution in [2.24, 2.45) is 0 Å². The zero-order valence-electron chi connectivity index (χ0n) is 9.53. The van der Waals surface area contributed by atoms with Crippen LogP contribution in [0.4, 0.5) is 0 Å². The first kappa shape index (κ1) is 13.6. The summed E-state index contributed by atoms with van der Waals surface area (Å²) in [6.07, 6.45) is 0. The summed E-state index contributed by atoms with van der Waals surface area (Å²) >= 11 is 5.74. The molecular formula is C13H13ClO3. The lowest BCUT2D eigenvalue weighted by molar-refractivity contribution is -0.147. The van der Waals surface area contributed by atoms with E-state index < -0.39 is 0 Å². The molecule has 4 heteroatoms. The highest BCUT2D eigenvalue weighted by Gasteiger charge is 1.98. The van der Waals surface area contributed by atoms with Gasteiger partial charge in [-0.05, 0) is 31.2 Å². The molecule has 0 heterocycles. The molecule has 0 aliphatic carbocycles. The molecule has 1 aromatic carbocycles. The maximum Gasteiger partial charge on any atom is 0.332 e. The van der Waals surface area contributed by atoms with Crippen molar-refractivity contribution >= 4 is 17.6 Å². The van der Waals surface area contributed by atoms with E-state index in [1.807, 2.05) is 12.1 Å². The van der Waals surface area contributed by atoms with E-state index in [0.717, 1.165) is 5.56 Å². The summed E-state index contributed by atoms with van der Waals surface area (Å²) in [5.74, 6) is 5.31. The molecule has 0 saturated carbocycles. The van der Waals surface area contributed by atoms with Gasteiger partial charge in [-0.2, -0.15) is 0 Å². The first-order chi connectivity index (χ1) is 8.22. The van der Waals surface area contributed by atoms with Crippen LogP contribution in [-0.4, -0.2) is 25.8 Å². The Bertz CT molecular complexity index is 415. The maximum absolute atomic E-state index is 10.9. The van der Waals surface area contributed by atoms with Crippen LogP contribution in [0.1, 0.15) is 12.5 Å². The minimum absolute atomic E-state index is 0.0663. The molecule has 0 bridgehead atoms. The smallest absolute Gasteiger partial charge is 0.332 e. The van der Waals surface area contributed by atoms with Crippen LogP contribution in [0.15, 0.2) is 24.3 Å². The lowest BCUT2D eigenvalue weighted by Gasteiger charge is -1.99. The van der Waals surface area contributed by atoms with E-state index in [0.29, 0.717) is 11.6 Å². The van der Waals surface area contributed by atoms with Gasteiger partial charge in [0.15, 0.2) is 0 Å². The quantitative estimate of drug-likeness (QED) is 0.469. The van der Waals surface area contributed by atoms with Gasteiger partial charge in [0.2, 0.25) is 0 Å². The minimum Gasteiger partial charge on any atom is -0.464 e. The number of rotatable bonds is 4. The molecule has 0 atom stereocenters. The Morgan fingerprint density at radius 3 is 2.71 bits per heavy atom. The highest BCUT2D eigenvalue weighted by Crippen LogP contribution is 2.08. The number of halogens is 1. The normalized spacial score (nSPS) is 9.29. The number of esters is 1. The van der Waals surface area contributed by atoms with E-state index in [4.69, 9.17) is 21.1 Å². The third kappa shape index (κ3) is 5.96. The van der Waals surface area contributed by atoms with Crippen LogP contribution in [0.5, 0.6) is 0 Å². The van der Waals surface area contributed by atoms with E-state index >= 15 is 0 Å². The fourth-order valence-corrected chi connectivity index (χ4v) is 1.19. The molecule has 0 spiro atoms. The minimum atomic E-state index is -0.374. The van der Waals surface area contributed by atoms with Gasteiger partial charge in [0.05, 0.1) is 6.61 Å². The van der Waals surface area contributed by atoms with Gasteiger partial charge in [-0.3, -0.25) is 0 Å². The fraction of sp³-hybridized carbons (Fsp3) is 0.308. The number of carbonyl (C=O) groups is 1. The van der Waals surface area contributed by atoms with Gasteiger partial charge in [-0.15, -0.1) is 0 Å². The second-order valence-corrected chi connectivity index (χ2v) is 3.54. The van der Waals surface area contributed by atoms with Gasteiger partial charge < -0.3 is 9.47 Å².